The minimum atomic E-state index is -2.33. The lowest BCUT2D eigenvalue weighted by atomic mass is 10.00. The minimum absolute atomic E-state index is 0.893. The highest BCUT2D eigenvalue weighted by atomic mass is 16.6. The molecule has 0 saturated carbocycles. The maximum absolute atomic E-state index is 8.44. The molecule has 0 aromatic heterocycles. The van der Waals surface area contributed by atoms with Crippen LogP contribution in [0.15, 0.2) is 0 Å². The van der Waals surface area contributed by atoms with Gasteiger partial charge in [0, 0.05) is 17.8 Å². The van der Waals surface area contributed by atoms with Gasteiger partial charge in [0.25, 0.3) is 0 Å². The Kier molecular flexibility index (Phi) is 49.2. The SMILES string of the molecule is CCCCC(CC)C[NH3+].CCCCC(CC)C[NH3+].CCCCC(CC)C[NH3+].O=C([O-])O.O=C([O-])[O-]. The van der Waals surface area contributed by atoms with Crippen molar-refractivity contribution in [1.29, 1.82) is 0 Å². The van der Waals surface area contributed by atoms with E-state index in [2.05, 4.69) is 58.7 Å². The van der Waals surface area contributed by atoms with E-state index in [0.29, 0.717) is 0 Å². The molecular formula is C26H61N3O6. The molecule has 0 saturated heterocycles. The summed E-state index contributed by atoms with van der Waals surface area (Å²) in [6, 6.07) is 0. The topological polar surface area (TPSA) is 206 Å². The molecule has 0 aliphatic heterocycles. The summed E-state index contributed by atoms with van der Waals surface area (Å²) >= 11 is 0. The Morgan fingerprint density at radius 1 is 0.600 bits per heavy atom. The van der Waals surface area contributed by atoms with Crippen molar-refractivity contribution in [3.8, 4) is 0 Å². The van der Waals surface area contributed by atoms with Crippen LogP contribution >= 0.6 is 0 Å². The second-order valence-corrected chi connectivity index (χ2v) is 8.63. The van der Waals surface area contributed by atoms with E-state index >= 15 is 0 Å². The number of hydrogen-bond acceptors (Lipinski definition) is 5. The first-order chi connectivity index (χ1) is 16.5. The molecule has 3 atom stereocenters. The second kappa shape index (κ2) is 39.6. The summed E-state index contributed by atoms with van der Waals surface area (Å²) in [6.45, 7) is 16.9. The average molecular weight is 512 g/mol. The Balaban J connectivity index is -0.000000112. The van der Waals surface area contributed by atoms with Gasteiger partial charge < -0.3 is 47.2 Å². The van der Waals surface area contributed by atoms with E-state index in [-0.39, 0.29) is 0 Å². The van der Waals surface area contributed by atoms with Crippen molar-refractivity contribution in [3.63, 3.8) is 0 Å². The summed E-state index contributed by atoms with van der Waals surface area (Å²) in [4.78, 5) is 16.8. The largest absolute Gasteiger partial charge is 0.652 e. The first kappa shape index (κ1) is 43.5. The van der Waals surface area contributed by atoms with Gasteiger partial charge in [-0.2, -0.15) is 0 Å². The van der Waals surface area contributed by atoms with Gasteiger partial charge in [-0.05, 0) is 44.7 Å². The van der Waals surface area contributed by atoms with Crippen LogP contribution in [0.3, 0.4) is 0 Å². The van der Waals surface area contributed by atoms with Crippen LogP contribution in [0.25, 0.3) is 0 Å². The molecule has 0 rings (SSSR count). The predicted molar refractivity (Wildman–Crippen MR) is 137 cm³/mol. The third-order valence-electron chi connectivity index (χ3n) is 5.85. The van der Waals surface area contributed by atoms with E-state index in [4.69, 9.17) is 30.0 Å². The van der Waals surface area contributed by atoms with E-state index in [9.17, 15) is 0 Å². The molecule has 9 heteroatoms. The monoisotopic (exact) mass is 511 g/mol. The van der Waals surface area contributed by atoms with E-state index in [0.717, 1.165) is 37.4 Å². The second-order valence-electron chi connectivity index (χ2n) is 8.63. The van der Waals surface area contributed by atoms with Crippen LogP contribution in [0.5, 0.6) is 0 Å². The maximum atomic E-state index is 8.44. The maximum Gasteiger partial charge on any atom is 0.249 e. The van der Waals surface area contributed by atoms with Gasteiger partial charge in [-0.25, -0.2) is 0 Å². The number of hydrogen-bond donors (Lipinski definition) is 4. The minimum Gasteiger partial charge on any atom is -0.652 e. The highest BCUT2D eigenvalue weighted by Crippen LogP contribution is 2.10. The molecule has 0 aromatic rings. The van der Waals surface area contributed by atoms with Crippen molar-refractivity contribution in [2.75, 3.05) is 19.6 Å². The summed E-state index contributed by atoms with van der Waals surface area (Å²) in [7, 11) is 0. The third-order valence-corrected chi connectivity index (χ3v) is 5.85. The van der Waals surface area contributed by atoms with Crippen molar-refractivity contribution in [1.82, 2.24) is 0 Å². The van der Waals surface area contributed by atoms with Gasteiger partial charge in [-0.15, -0.1) is 0 Å². The normalized spacial score (nSPS) is 11.9. The standard InChI is InChI=1S/3C8H19N.2CH2O3/c3*1-3-5-6-8(4-2)7-9;2*2-1(3)4/h3*8H,3-7,9H2,1-2H3;2*(H2,2,3,4). The molecule has 3 unspecified atom stereocenters. The van der Waals surface area contributed by atoms with Crippen LogP contribution in [0, 0.1) is 17.8 Å². The highest BCUT2D eigenvalue weighted by molar-refractivity contribution is 5.50. The van der Waals surface area contributed by atoms with Gasteiger partial charge in [-0.1, -0.05) is 80.1 Å². The van der Waals surface area contributed by atoms with Crippen LogP contribution in [0.4, 0.5) is 9.59 Å². The molecule has 0 radical (unpaired) electrons. The third kappa shape index (κ3) is 59.7. The Morgan fingerprint density at radius 3 is 0.857 bits per heavy atom. The van der Waals surface area contributed by atoms with Crippen molar-refractivity contribution >= 4 is 12.3 Å². The summed E-state index contributed by atoms with van der Waals surface area (Å²) < 4.78 is 0. The summed E-state index contributed by atoms with van der Waals surface area (Å²) in [5.41, 5.74) is 11.7. The number of carbonyl (C=O) groups is 2. The Morgan fingerprint density at radius 2 is 0.771 bits per heavy atom. The molecule has 0 fully saturated rings. The van der Waals surface area contributed by atoms with E-state index < -0.39 is 12.3 Å². The van der Waals surface area contributed by atoms with Crippen molar-refractivity contribution in [3.05, 3.63) is 0 Å². The molecule has 0 bridgehead atoms. The van der Waals surface area contributed by atoms with Gasteiger partial charge in [0.1, 0.15) is 0 Å². The van der Waals surface area contributed by atoms with Crippen molar-refractivity contribution < 1.29 is 47.2 Å². The highest BCUT2D eigenvalue weighted by Gasteiger charge is 2.04. The Hall–Kier alpha value is -1.58. The van der Waals surface area contributed by atoms with Gasteiger partial charge in [0.2, 0.25) is 6.16 Å². The van der Waals surface area contributed by atoms with Crippen LogP contribution in [-0.2, 0) is 0 Å². The van der Waals surface area contributed by atoms with E-state index in [1.54, 1.807) is 0 Å². The Bertz CT molecular complexity index is 331. The number of carboxylic acid groups (broad SMARTS) is 4. The summed E-state index contributed by atoms with van der Waals surface area (Å²) in [5.74, 6) is 2.68. The van der Waals surface area contributed by atoms with E-state index in [1.807, 2.05) is 0 Å². The van der Waals surface area contributed by atoms with Gasteiger partial charge in [0.15, 0.2) is 0 Å². The molecular weight excluding hydrogens is 450 g/mol. The first-order valence-corrected chi connectivity index (χ1v) is 13.7. The number of carbonyl (C=O) groups excluding carboxylic acids is 1. The lowest BCUT2D eigenvalue weighted by molar-refractivity contribution is -0.415. The molecule has 0 aromatic carbocycles. The number of unbranched alkanes of at least 4 members (excludes halogenated alkanes) is 3. The van der Waals surface area contributed by atoms with Crippen molar-refractivity contribution in [2.45, 2.75) is 119 Å². The fourth-order valence-electron chi connectivity index (χ4n) is 3.14. The molecule has 0 spiro atoms. The number of quaternary nitrogens is 3. The zero-order valence-electron chi connectivity index (χ0n) is 23.9. The zero-order valence-corrected chi connectivity index (χ0v) is 23.9. The van der Waals surface area contributed by atoms with E-state index in [1.165, 1.54) is 77.0 Å². The average Bonchev–Trinajstić information content (AvgIpc) is 2.81. The van der Waals surface area contributed by atoms with Crippen LogP contribution in [0.1, 0.15) is 119 Å². The van der Waals surface area contributed by atoms with Gasteiger partial charge in [-0.3, -0.25) is 0 Å². The smallest absolute Gasteiger partial charge is 0.249 e. The Labute approximate surface area is 215 Å². The van der Waals surface area contributed by atoms with Crippen LogP contribution < -0.4 is 32.5 Å². The van der Waals surface area contributed by atoms with Crippen molar-refractivity contribution in [2.24, 2.45) is 17.8 Å². The fourth-order valence-corrected chi connectivity index (χ4v) is 3.14. The lowest BCUT2D eigenvalue weighted by Crippen LogP contribution is -2.53. The predicted octanol–water partition coefficient (Wildman–Crippen LogP) is 0.775. The molecule has 0 amide bonds. The van der Waals surface area contributed by atoms with Crippen LogP contribution in [0.2, 0.25) is 0 Å². The molecule has 0 aliphatic carbocycles. The molecule has 9 nitrogen and oxygen atoms in total. The summed E-state index contributed by atoms with van der Waals surface area (Å²) in [6.07, 6.45) is 11.8. The molecule has 10 N–H and O–H groups in total. The fraction of sp³-hybridized carbons (Fsp3) is 0.923. The van der Waals surface area contributed by atoms with Crippen LogP contribution in [-0.4, -0.2) is 37.1 Å². The molecule has 216 valence electrons. The zero-order chi connectivity index (χ0) is 28.5. The lowest BCUT2D eigenvalue weighted by Gasteiger charge is -2.07. The molecule has 35 heavy (non-hydrogen) atoms. The van der Waals surface area contributed by atoms with Gasteiger partial charge >= 0.3 is 0 Å². The number of rotatable bonds is 15. The molecule has 0 heterocycles. The van der Waals surface area contributed by atoms with Gasteiger partial charge in [0.05, 0.1) is 19.6 Å². The first-order valence-electron chi connectivity index (χ1n) is 13.7. The summed E-state index contributed by atoms with van der Waals surface area (Å²) in [5, 5.41) is 32.0. The molecule has 0 aliphatic rings. The quantitative estimate of drug-likeness (QED) is 0.249.